The van der Waals surface area contributed by atoms with Crippen molar-refractivity contribution in [2.75, 3.05) is 54.0 Å². The summed E-state index contributed by atoms with van der Waals surface area (Å²) < 4.78 is 11.5. The van der Waals surface area contributed by atoms with Crippen LogP contribution in [0.2, 0.25) is 10.0 Å². The predicted octanol–water partition coefficient (Wildman–Crippen LogP) is 5.83. The average molecular weight is 551 g/mol. The molecule has 1 saturated heterocycles. The lowest BCUT2D eigenvalue weighted by Gasteiger charge is -2.44. The minimum atomic E-state index is -0.718. The van der Waals surface area contributed by atoms with Crippen LogP contribution in [-0.4, -0.2) is 69.7 Å². The van der Waals surface area contributed by atoms with Crippen molar-refractivity contribution >= 4 is 29.1 Å². The Morgan fingerprint density at radius 1 is 1.11 bits per heavy atom. The van der Waals surface area contributed by atoms with E-state index in [2.05, 4.69) is 62.1 Å². The van der Waals surface area contributed by atoms with E-state index in [9.17, 15) is 4.79 Å². The first-order chi connectivity index (χ1) is 17.6. The number of unbranched alkanes of at least 4 members (excludes halogenated alkanes) is 1. The number of ether oxygens (including phenoxy) is 2. The van der Waals surface area contributed by atoms with Gasteiger partial charge < -0.3 is 19.7 Å². The maximum absolute atomic E-state index is 12.8. The smallest absolute Gasteiger partial charge is 0.253 e. The van der Waals surface area contributed by atoms with Crippen LogP contribution in [0.25, 0.3) is 0 Å². The molecule has 1 N–H and O–H groups in total. The minimum absolute atomic E-state index is 0.170. The Kier molecular flexibility index (Phi) is 11.1. The third-order valence-corrected chi connectivity index (χ3v) is 8.04. The van der Waals surface area contributed by atoms with Gasteiger partial charge in [0.1, 0.15) is 5.75 Å². The first kappa shape index (κ1) is 29.7. The highest BCUT2D eigenvalue weighted by atomic mass is 35.5. The molecule has 2 aromatic rings. The molecule has 0 spiro atoms. The quantitative estimate of drug-likeness (QED) is 0.318. The van der Waals surface area contributed by atoms with Crippen LogP contribution >= 0.6 is 23.2 Å². The van der Waals surface area contributed by atoms with Crippen molar-refractivity contribution in [2.24, 2.45) is 5.92 Å². The summed E-state index contributed by atoms with van der Waals surface area (Å²) in [6.45, 7) is 10.9. The maximum Gasteiger partial charge on any atom is 0.253 e. The number of rotatable bonds is 13. The molecule has 0 saturated carbocycles. The number of nitrogens with one attached hydrogen (secondary N) is 1. The van der Waals surface area contributed by atoms with E-state index < -0.39 is 6.10 Å². The lowest BCUT2D eigenvalue weighted by molar-refractivity contribution is -0.132. The fourth-order valence-corrected chi connectivity index (χ4v) is 5.10. The van der Waals surface area contributed by atoms with Crippen molar-refractivity contribution in [1.29, 1.82) is 0 Å². The Morgan fingerprint density at radius 2 is 1.84 bits per heavy atom. The van der Waals surface area contributed by atoms with E-state index in [4.69, 9.17) is 32.7 Å². The molecule has 1 fully saturated rings. The summed E-state index contributed by atoms with van der Waals surface area (Å²) in [5.74, 6) is 1.22. The molecule has 2 atom stereocenters. The summed E-state index contributed by atoms with van der Waals surface area (Å²) in [6, 6.07) is 9.75. The summed E-state index contributed by atoms with van der Waals surface area (Å²) >= 11 is 12.1. The van der Waals surface area contributed by atoms with E-state index in [0.29, 0.717) is 34.1 Å². The highest BCUT2D eigenvalue weighted by Crippen LogP contribution is 2.34. The molecule has 6 nitrogen and oxygen atoms in total. The number of nitrogens with zero attached hydrogens (tertiary/aromatic N) is 2. The van der Waals surface area contributed by atoms with Gasteiger partial charge in [-0.2, -0.15) is 0 Å². The van der Waals surface area contributed by atoms with Gasteiger partial charge in [-0.25, -0.2) is 0 Å². The van der Waals surface area contributed by atoms with Crippen molar-refractivity contribution in [3.05, 3.63) is 62.6 Å². The van der Waals surface area contributed by atoms with Crippen LogP contribution in [0, 0.1) is 19.8 Å². The van der Waals surface area contributed by atoms with Crippen LogP contribution in [-0.2, 0) is 9.53 Å². The third kappa shape index (κ3) is 7.84. The topological polar surface area (TPSA) is 54.0 Å². The number of amides is 1. The number of hydrogen-bond donors (Lipinski definition) is 1. The highest BCUT2D eigenvalue weighted by molar-refractivity contribution is 6.42. The number of benzene rings is 2. The zero-order chi connectivity index (χ0) is 27.1. The normalized spacial score (nSPS) is 15.9. The van der Waals surface area contributed by atoms with Gasteiger partial charge in [0.25, 0.3) is 5.91 Å². The zero-order valence-electron chi connectivity index (χ0n) is 22.9. The fourth-order valence-electron chi connectivity index (χ4n) is 4.80. The summed E-state index contributed by atoms with van der Waals surface area (Å²) in [7, 11) is 5.72. The fraction of sp³-hybridized carbons (Fsp3) is 0.552. The van der Waals surface area contributed by atoms with E-state index in [-0.39, 0.29) is 5.91 Å². The molecule has 0 bridgehead atoms. The molecule has 1 aliphatic rings. The lowest BCUT2D eigenvalue weighted by atomic mass is 9.91. The molecule has 2 unspecified atom stereocenters. The van der Waals surface area contributed by atoms with Crippen molar-refractivity contribution in [3.63, 3.8) is 0 Å². The number of hydrogen-bond acceptors (Lipinski definition) is 5. The van der Waals surface area contributed by atoms with Gasteiger partial charge in [0.05, 0.1) is 16.7 Å². The Balaban J connectivity index is 1.47. The van der Waals surface area contributed by atoms with Gasteiger partial charge in [-0.05, 0) is 94.7 Å². The number of halogens is 2. The SMILES string of the molecule is COC(C(=O)NCC1CN(C(C)c2ccc(OCCCCN(C)C)c(C)c2C)C1)c1ccc(Cl)c(Cl)c1. The van der Waals surface area contributed by atoms with Crippen molar-refractivity contribution in [3.8, 4) is 5.75 Å². The average Bonchev–Trinajstić information content (AvgIpc) is 2.82. The maximum atomic E-state index is 12.8. The molecule has 0 aromatic heterocycles. The monoisotopic (exact) mass is 549 g/mol. The van der Waals surface area contributed by atoms with Gasteiger partial charge in [0.2, 0.25) is 0 Å². The largest absolute Gasteiger partial charge is 0.493 e. The highest BCUT2D eigenvalue weighted by Gasteiger charge is 2.32. The van der Waals surface area contributed by atoms with E-state index in [1.807, 2.05) is 0 Å². The van der Waals surface area contributed by atoms with Gasteiger partial charge in [-0.3, -0.25) is 9.69 Å². The molecule has 1 amide bonds. The van der Waals surface area contributed by atoms with Gasteiger partial charge in [-0.15, -0.1) is 0 Å². The van der Waals surface area contributed by atoms with Crippen LogP contribution < -0.4 is 10.1 Å². The zero-order valence-corrected chi connectivity index (χ0v) is 24.5. The van der Waals surface area contributed by atoms with Crippen molar-refractivity contribution in [1.82, 2.24) is 15.1 Å². The third-order valence-electron chi connectivity index (χ3n) is 7.31. The summed E-state index contributed by atoms with van der Waals surface area (Å²) in [6.07, 6.45) is 1.47. The Bertz CT molecular complexity index is 1060. The molecule has 1 aliphatic heterocycles. The molecule has 1 heterocycles. The van der Waals surface area contributed by atoms with Crippen LogP contribution in [0.5, 0.6) is 5.75 Å². The standard InChI is InChI=1S/C29H41Cl2N3O3/c1-19-20(2)27(37-14-8-7-13-33(4)5)12-10-24(19)21(3)34-17-22(18-34)16-32-29(35)28(36-6)23-9-11-25(30)26(31)15-23/h9-12,15,21-22,28H,7-8,13-14,16-18H2,1-6H3,(H,32,35). The molecule has 3 rings (SSSR count). The van der Waals surface area contributed by atoms with Gasteiger partial charge >= 0.3 is 0 Å². The molecule has 37 heavy (non-hydrogen) atoms. The van der Waals surface area contributed by atoms with Gasteiger partial charge in [0.15, 0.2) is 6.10 Å². The van der Waals surface area contributed by atoms with E-state index in [0.717, 1.165) is 44.8 Å². The molecular weight excluding hydrogens is 509 g/mol. The molecular formula is C29H41Cl2N3O3. The Hall–Kier alpha value is -1.83. The van der Waals surface area contributed by atoms with E-state index in [1.165, 1.54) is 23.8 Å². The van der Waals surface area contributed by atoms with Crippen LogP contribution in [0.1, 0.15) is 54.2 Å². The molecule has 204 valence electrons. The van der Waals surface area contributed by atoms with E-state index >= 15 is 0 Å². The van der Waals surface area contributed by atoms with Crippen LogP contribution in [0.3, 0.4) is 0 Å². The number of methoxy groups -OCH3 is 1. The Labute approximate surface area is 232 Å². The first-order valence-corrected chi connectivity index (χ1v) is 13.7. The molecule has 0 radical (unpaired) electrons. The second-order valence-electron chi connectivity index (χ2n) is 10.3. The summed E-state index contributed by atoms with van der Waals surface area (Å²) in [4.78, 5) is 17.4. The van der Waals surface area contributed by atoms with Gasteiger partial charge in [0, 0.05) is 38.7 Å². The lowest BCUT2D eigenvalue weighted by Crippen LogP contribution is -2.52. The van der Waals surface area contributed by atoms with Crippen LogP contribution in [0.15, 0.2) is 30.3 Å². The van der Waals surface area contributed by atoms with Crippen molar-refractivity contribution in [2.45, 2.75) is 45.8 Å². The first-order valence-electron chi connectivity index (χ1n) is 13.0. The summed E-state index contributed by atoms with van der Waals surface area (Å²) in [5.41, 5.74) is 4.53. The van der Waals surface area contributed by atoms with Gasteiger partial charge in [-0.1, -0.05) is 35.3 Å². The molecule has 2 aromatic carbocycles. The minimum Gasteiger partial charge on any atom is -0.493 e. The number of carbonyl (C=O) groups excluding carboxylic acids is 1. The number of likely N-dealkylation sites (tertiary alicyclic amines) is 1. The molecule has 0 aliphatic carbocycles. The van der Waals surface area contributed by atoms with Crippen LogP contribution in [0.4, 0.5) is 0 Å². The van der Waals surface area contributed by atoms with E-state index in [1.54, 1.807) is 18.2 Å². The second kappa shape index (κ2) is 13.8. The van der Waals surface area contributed by atoms with Crippen molar-refractivity contribution < 1.29 is 14.3 Å². The number of carbonyl (C=O) groups is 1. The Morgan fingerprint density at radius 3 is 2.49 bits per heavy atom. The predicted molar refractivity (Wildman–Crippen MR) is 152 cm³/mol. The summed E-state index contributed by atoms with van der Waals surface area (Å²) in [5, 5.41) is 3.90. The molecule has 8 heteroatoms. The second-order valence-corrected chi connectivity index (χ2v) is 11.1.